The van der Waals surface area contributed by atoms with Crippen LogP contribution in [-0.4, -0.2) is 24.7 Å². The summed E-state index contributed by atoms with van der Waals surface area (Å²) in [7, 11) is 0. The predicted octanol–water partition coefficient (Wildman–Crippen LogP) is 2.11. The predicted molar refractivity (Wildman–Crippen MR) is 63.1 cm³/mol. The molecule has 16 heavy (non-hydrogen) atoms. The van der Waals surface area contributed by atoms with E-state index in [1.54, 1.807) is 0 Å². The van der Waals surface area contributed by atoms with E-state index in [0.717, 1.165) is 32.5 Å². The normalized spacial score (nSPS) is 30.4. The second-order valence-corrected chi connectivity index (χ2v) is 5.39. The monoisotopic (exact) mass is 225 g/mol. The molecule has 1 N–H and O–H groups in total. The van der Waals surface area contributed by atoms with Gasteiger partial charge in [0.05, 0.1) is 0 Å². The first kappa shape index (κ1) is 11.9. The summed E-state index contributed by atoms with van der Waals surface area (Å²) in [6, 6.07) is 0. The Hall–Kier alpha value is -0.570. The van der Waals surface area contributed by atoms with E-state index in [4.69, 9.17) is 4.74 Å². The van der Waals surface area contributed by atoms with Crippen LogP contribution in [0.4, 0.5) is 0 Å². The second-order valence-electron chi connectivity index (χ2n) is 5.39. The number of nitrogens with one attached hydrogen (secondary N) is 1. The van der Waals surface area contributed by atoms with Crippen LogP contribution >= 0.6 is 0 Å². The summed E-state index contributed by atoms with van der Waals surface area (Å²) in [4.78, 5) is 11.7. The van der Waals surface area contributed by atoms with E-state index in [9.17, 15) is 4.79 Å². The molecule has 3 heteroatoms. The van der Waals surface area contributed by atoms with Crippen LogP contribution in [0.2, 0.25) is 0 Å². The van der Waals surface area contributed by atoms with Gasteiger partial charge >= 0.3 is 0 Å². The standard InChI is InChI=1S/C13H23NO2/c1-3-4-10(2)11-9-12(15)14-13(11)5-7-16-8-6-13/h10-11H,3-9H2,1-2H3,(H,14,15). The van der Waals surface area contributed by atoms with Gasteiger partial charge in [-0.15, -0.1) is 0 Å². The average molecular weight is 225 g/mol. The molecule has 2 fully saturated rings. The molecule has 0 radical (unpaired) electrons. The van der Waals surface area contributed by atoms with Crippen LogP contribution in [0.5, 0.6) is 0 Å². The molecule has 2 aliphatic rings. The van der Waals surface area contributed by atoms with Crippen molar-refractivity contribution in [2.75, 3.05) is 13.2 Å². The van der Waals surface area contributed by atoms with Crippen molar-refractivity contribution >= 4 is 5.91 Å². The van der Waals surface area contributed by atoms with Crippen molar-refractivity contribution in [2.24, 2.45) is 11.8 Å². The van der Waals surface area contributed by atoms with E-state index < -0.39 is 0 Å². The lowest BCUT2D eigenvalue weighted by Crippen LogP contribution is -2.51. The Morgan fingerprint density at radius 1 is 1.50 bits per heavy atom. The summed E-state index contributed by atoms with van der Waals surface area (Å²) >= 11 is 0. The zero-order valence-electron chi connectivity index (χ0n) is 10.4. The first-order valence-corrected chi connectivity index (χ1v) is 6.57. The zero-order valence-corrected chi connectivity index (χ0v) is 10.4. The number of carbonyl (C=O) groups is 1. The van der Waals surface area contributed by atoms with Crippen LogP contribution < -0.4 is 5.32 Å². The minimum absolute atomic E-state index is 0.0594. The molecule has 1 spiro atoms. The van der Waals surface area contributed by atoms with Crippen LogP contribution in [0.1, 0.15) is 46.0 Å². The smallest absolute Gasteiger partial charge is 0.220 e. The third-order valence-electron chi connectivity index (χ3n) is 4.32. The number of hydrogen-bond donors (Lipinski definition) is 1. The van der Waals surface area contributed by atoms with Crippen LogP contribution in [0.3, 0.4) is 0 Å². The van der Waals surface area contributed by atoms with Gasteiger partial charge in [0, 0.05) is 25.2 Å². The Kier molecular flexibility index (Phi) is 3.53. The topological polar surface area (TPSA) is 38.3 Å². The number of carbonyl (C=O) groups excluding carboxylic acids is 1. The van der Waals surface area contributed by atoms with Gasteiger partial charge in [-0.05, 0) is 24.7 Å². The largest absolute Gasteiger partial charge is 0.381 e. The maximum absolute atomic E-state index is 11.7. The number of ether oxygens (including phenoxy) is 1. The molecule has 3 nitrogen and oxygen atoms in total. The fraction of sp³-hybridized carbons (Fsp3) is 0.923. The first-order chi connectivity index (χ1) is 7.68. The second kappa shape index (κ2) is 4.74. The molecular formula is C13H23NO2. The maximum Gasteiger partial charge on any atom is 0.220 e. The molecule has 0 bridgehead atoms. The molecule has 2 heterocycles. The van der Waals surface area contributed by atoms with E-state index in [1.165, 1.54) is 12.8 Å². The van der Waals surface area contributed by atoms with Gasteiger partial charge in [-0.25, -0.2) is 0 Å². The van der Waals surface area contributed by atoms with Gasteiger partial charge in [-0.2, -0.15) is 0 Å². The van der Waals surface area contributed by atoms with Crippen molar-refractivity contribution in [3.8, 4) is 0 Å². The van der Waals surface area contributed by atoms with Crippen LogP contribution in [0.15, 0.2) is 0 Å². The SMILES string of the molecule is CCCC(C)C1CC(=O)NC12CCOCC2. The lowest BCUT2D eigenvalue weighted by molar-refractivity contribution is -0.120. The van der Waals surface area contributed by atoms with Crippen LogP contribution in [-0.2, 0) is 9.53 Å². The van der Waals surface area contributed by atoms with Crippen molar-refractivity contribution < 1.29 is 9.53 Å². The molecule has 0 aromatic heterocycles. The molecule has 2 rings (SSSR count). The Morgan fingerprint density at radius 2 is 2.19 bits per heavy atom. The van der Waals surface area contributed by atoms with Gasteiger partial charge in [-0.3, -0.25) is 4.79 Å². The van der Waals surface area contributed by atoms with Crippen molar-refractivity contribution in [3.05, 3.63) is 0 Å². The average Bonchev–Trinajstić information content (AvgIpc) is 2.57. The molecule has 0 aliphatic carbocycles. The molecule has 0 aromatic rings. The molecule has 1 amide bonds. The van der Waals surface area contributed by atoms with Gasteiger partial charge < -0.3 is 10.1 Å². The van der Waals surface area contributed by atoms with Crippen molar-refractivity contribution in [1.82, 2.24) is 5.32 Å². The van der Waals surface area contributed by atoms with E-state index in [2.05, 4.69) is 19.2 Å². The van der Waals surface area contributed by atoms with E-state index in [0.29, 0.717) is 11.8 Å². The highest BCUT2D eigenvalue weighted by Gasteiger charge is 2.48. The lowest BCUT2D eigenvalue weighted by Gasteiger charge is -2.41. The highest BCUT2D eigenvalue weighted by atomic mass is 16.5. The fourth-order valence-corrected chi connectivity index (χ4v) is 3.45. The Labute approximate surface area is 97.9 Å². The summed E-state index contributed by atoms with van der Waals surface area (Å²) in [5.41, 5.74) is 0.0594. The highest BCUT2D eigenvalue weighted by molar-refractivity contribution is 5.80. The summed E-state index contributed by atoms with van der Waals surface area (Å²) in [5.74, 6) is 1.40. The number of rotatable bonds is 3. The van der Waals surface area contributed by atoms with Gasteiger partial charge in [-0.1, -0.05) is 26.7 Å². The van der Waals surface area contributed by atoms with Gasteiger partial charge in [0.15, 0.2) is 0 Å². The molecule has 2 atom stereocenters. The van der Waals surface area contributed by atoms with E-state index in [-0.39, 0.29) is 11.4 Å². The summed E-state index contributed by atoms with van der Waals surface area (Å²) < 4.78 is 5.43. The minimum atomic E-state index is 0.0594. The Bertz CT molecular complexity index is 259. The van der Waals surface area contributed by atoms with Crippen molar-refractivity contribution in [3.63, 3.8) is 0 Å². The lowest BCUT2D eigenvalue weighted by atomic mass is 9.72. The Balaban J connectivity index is 2.11. The van der Waals surface area contributed by atoms with Crippen molar-refractivity contribution in [2.45, 2.75) is 51.5 Å². The van der Waals surface area contributed by atoms with Gasteiger partial charge in [0.2, 0.25) is 5.91 Å². The highest BCUT2D eigenvalue weighted by Crippen LogP contribution is 2.41. The third kappa shape index (κ3) is 2.10. The molecule has 2 saturated heterocycles. The van der Waals surface area contributed by atoms with E-state index in [1.807, 2.05) is 0 Å². The summed E-state index contributed by atoms with van der Waals surface area (Å²) in [6.07, 6.45) is 5.15. The third-order valence-corrected chi connectivity index (χ3v) is 4.32. The van der Waals surface area contributed by atoms with Crippen LogP contribution in [0, 0.1) is 11.8 Å². The molecule has 0 saturated carbocycles. The van der Waals surface area contributed by atoms with Crippen molar-refractivity contribution in [1.29, 1.82) is 0 Å². The number of hydrogen-bond acceptors (Lipinski definition) is 2. The number of amides is 1. The van der Waals surface area contributed by atoms with Gasteiger partial charge in [0.25, 0.3) is 0 Å². The molecule has 2 unspecified atom stereocenters. The zero-order chi connectivity index (χ0) is 11.6. The minimum Gasteiger partial charge on any atom is -0.381 e. The Morgan fingerprint density at radius 3 is 2.81 bits per heavy atom. The molecule has 2 aliphatic heterocycles. The van der Waals surface area contributed by atoms with Gasteiger partial charge in [0.1, 0.15) is 0 Å². The summed E-state index contributed by atoms with van der Waals surface area (Å²) in [6.45, 7) is 6.12. The van der Waals surface area contributed by atoms with Crippen LogP contribution in [0.25, 0.3) is 0 Å². The maximum atomic E-state index is 11.7. The van der Waals surface area contributed by atoms with E-state index >= 15 is 0 Å². The quantitative estimate of drug-likeness (QED) is 0.799. The molecule has 0 aromatic carbocycles. The molecular weight excluding hydrogens is 202 g/mol. The summed E-state index contributed by atoms with van der Waals surface area (Å²) in [5, 5.41) is 3.24. The first-order valence-electron chi connectivity index (χ1n) is 6.57. The fourth-order valence-electron chi connectivity index (χ4n) is 3.45. The molecule has 92 valence electrons.